The van der Waals surface area contributed by atoms with Crippen molar-refractivity contribution in [1.82, 2.24) is 14.7 Å². The van der Waals surface area contributed by atoms with Gasteiger partial charge in [0, 0.05) is 26.5 Å². The SMILES string of the molecule is COCCCNc1nc2ccccn2c(=O)c1/C=C1\SC(=S)NC1=O. The Balaban J connectivity index is 2.05. The van der Waals surface area contributed by atoms with Crippen LogP contribution in [0.25, 0.3) is 11.7 Å². The molecule has 0 spiro atoms. The van der Waals surface area contributed by atoms with Gasteiger partial charge in [0.2, 0.25) is 0 Å². The third-order valence-corrected chi connectivity index (χ3v) is 4.67. The van der Waals surface area contributed by atoms with Crippen LogP contribution < -0.4 is 16.2 Å². The summed E-state index contributed by atoms with van der Waals surface area (Å²) in [5, 5.41) is 5.70. The molecule has 2 aromatic heterocycles. The van der Waals surface area contributed by atoms with Gasteiger partial charge in [-0.3, -0.25) is 14.0 Å². The van der Waals surface area contributed by atoms with Crippen molar-refractivity contribution < 1.29 is 9.53 Å². The van der Waals surface area contributed by atoms with Crippen molar-refractivity contribution in [3.05, 3.63) is 45.2 Å². The quantitative estimate of drug-likeness (QED) is 0.450. The molecule has 25 heavy (non-hydrogen) atoms. The highest BCUT2D eigenvalue weighted by Crippen LogP contribution is 2.26. The summed E-state index contributed by atoms with van der Waals surface area (Å²) in [7, 11) is 1.63. The number of hydrogen-bond donors (Lipinski definition) is 2. The number of anilines is 1. The monoisotopic (exact) mass is 376 g/mol. The summed E-state index contributed by atoms with van der Waals surface area (Å²) in [5.41, 5.74) is 0.602. The highest BCUT2D eigenvalue weighted by molar-refractivity contribution is 8.26. The van der Waals surface area contributed by atoms with Crippen molar-refractivity contribution in [3.8, 4) is 0 Å². The fourth-order valence-corrected chi connectivity index (χ4v) is 3.37. The first-order chi connectivity index (χ1) is 12.1. The largest absolute Gasteiger partial charge is 0.385 e. The van der Waals surface area contributed by atoms with Crippen LogP contribution in [-0.2, 0) is 9.53 Å². The van der Waals surface area contributed by atoms with Crippen molar-refractivity contribution in [2.24, 2.45) is 0 Å². The third kappa shape index (κ3) is 3.89. The smallest absolute Gasteiger partial charge is 0.267 e. The lowest BCUT2D eigenvalue weighted by molar-refractivity contribution is -0.115. The fourth-order valence-electron chi connectivity index (χ4n) is 2.34. The molecule has 1 aliphatic rings. The summed E-state index contributed by atoms with van der Waals surface area (Å²) < 4.78 is 6.85. The lowest BCUT2D eigenvalue weighted by atomic mass is 10.2. The molecule has 7 nitrogen and oxygen atoms in total. The second kappa shape index (κ2) is 7.77. The van der Waals surface area contributed by atoms with Crippen molar-refractivity contribution in [3.63, 3.8) is 0 Å². The van der Waals surface area contributed by atoms with E-state index < -0.39 is 0 Å². The zero-order chi connectivity index (χ0) is 17.8. The molecular formula is C16H16N4O3S2. The summed E-state index contributed by atoms with van der Waals surface area (Å²) >= 11 is 6.12. The van der Waals surface area contributed by atoms with Crippen molar-refractivity contribution in [2.45, 2.75) is 6.42 Å². The molecule has 2 aromatic rings. The number of aromatic nitrogens is 2. The minimum atomic E-state index is -0.308. The van der Waals surface area contributed by atoms with E-state index in [0.717, 1.165) is 18.2 Å². The summed E-state index contributed by atoms with van der Waals surface area (Å²) in [6.07, 6.45) is 3.95. The molecule has 0 aromatic carbocycles. The van der Waals surface area contributed by atoms with E-state index in [0.29, 0.717) is 39.4 Å². The summed E-state index contributed by atoms with van der Waals surface area (Å²) in [6, 6.07) is 5.32. The van der Waals surface area contributed by atoms with Crippen LogP contribution in [0.1, 0.15) is 12.0 Å². The van der Waals surface area contributed by atoms with Crippen LogP contribution in [0.5, 0.6) is 0 Å². The van der Waals surface area contributed by atoms with Gasteiger partial charge in [0.15, 0.2) is 0 Å². The molecule has 9 heteroatoms. The van der Waals surface area contributed by atoms with E-state index in [1.807, 2.05) is 6.07 Å². The Kier molecular flexibility index (Phi) is 5.47. The molecule has 2 N–H and O–H groups in total. The average Bonchev–Trinajstić information content (AvgIpc) is 2.92. The molecule has 3 heterocycles. The highest BCUT2D eigenvalue weighted by atomic mass is 32.2. The van der Waals surface area contributed by atoms with Crippen LogP contribution in [0.4, 0.5) is 5.82 Å². The van der Waals surface area contributed by atoms with E-state index in [9.17, 15) is 9.59 Å². The minimum Gasteiger partial charge on any atom is -0.385 e. The number of nitrogens with zero attached hydrogens (tertiary/aromatic N) is 2. The number of carbonyl (C=O) groups is 1. The maximum atomic E-state index is 12.9. The summed E-state index contributed by atoms with van der Waals surface area (Å²) in [6.45, 7) is 1.19. The van der Waals surface area contributed by atoms with Gasteiger partial charge in [0.05, 0.1) is 10.5 Å². The Hall–Kier alpha value is -2.23. The average molecular weight is 376 g/mol. The van der Waals surface area contributed by atoms with Gasteiger partial charge in [-0.15, -0.1) is 0 Å². The van der Waals surface area contributed by atoms with Crippen LogP contribution >= 0.6 is 24.0 Å². The Labute approximate surface area is 153 Å². The predicted octanol–water partition coefficient (Wildman–Crippen LogP) is 1.63. The molecule has 0 aliphatic carbocycles. The molecule has 1 fully saturated rings. The van der Waals surface area contributed by atoms with E-state index in [1.54, 1.807) is 25.4 Å². The predicted molar refractivity (Wildman–Crippen MR) is 103 cm³/mol. The van der Waals surface area contributed by atoms with Crippen LogP contribution in [0.15, 0.2) is 34.1 Å². The fraction of sp³-hybridized carbons (Fsp3) is 0.250. The van der Waals surface area contributed by atoms with Gasteiger partial charge in [-0.25, -0.2) is 4.98 Å². The number of thioether (sulfide) groups is 1. The number of hydrogen-bond acceptors (Lipinski definition) is 7. The topological polar surface area (TPSA) is 84.7 Å². The number of methoxy groups -OCH3 is 1. The maximum Gasteiger partial charge on any atom is 0.267 e. The second-order valence-corrected chi connectivity index (χ2v) is 6.95. The lowest BCUT2D eigenvalue weighted by Gasteiger charge is -2.10. The van der Waals surface area contributed by atoms with Gasteiger partial charge in [-0.05, 0) is 24.6 Å². The zero-order valence-electron chi connectivity index (χ0n) is 13.4. The first kappa shape index (κ1) is 17.6. The van der Waals surface area contributed by atoms with Crippen molar-refractivity contribution >= 4 is 51.7 Å². The highest BCUT2D eigenvalue weighted by Gasteiger charge is 2.23. The van der Waals surface area contributed by atoms with Gasteiger partial charge in [0.1, 0.15) is 15.8 Å². The van der Waals surface area contributed by atoms with E-state index in [-0.39, 0.29) is 11.5 Å². The van der Waals surface area contributed by atoms with E-state index in [4.69, 9.17) is 17.0 Å². The second-order valence-electron chi connectivity index (χ2n) is 5.23. The van der Waals surface area contributed by atoms with Crippen LogP contribution in [0, 0.1) is 0 Å². The number of carbonyl (C=O) groups excluding carboxylic acids is 1. The van der Waals surface area contributed by atoms with Crippen molar-refractivity contribution in [2.75, 3.05) is 25.6 Å². The van der Waals surface area contributed by atoms with Crippen LogP contribution in [0.2, 0.25) is 0 Å². The lowest BCUT2D eigenvalue weighted by Crippen LogP contribution is -2.22. The molecule has 130 valence electrons. The molecule has 3 rings (SSSR count). The molecule has 0 saturated carbocycles. The van der Waals surface area contributed by atoms with Crippen molar-refractivity contribution in [1.29, 1.82) is 0 Å². The summed E-state index contributed by atoms with van der Waals surface area (Å²) in [4.78, 5) is 29.7. The third-order valence-electron chi connectivity index (χ3n) is 3.50. The Bertz CT molecular complexity index is 923. The number of rotatable bonds is 6. The first-order valence-corrected chi connectivity index (χ1v) is 8.81. The number of fused-ring (bicyclic) bond motifs is 1. The molecule has 0 unspecified atom stereocenters. The van der Waals surface area contributed by atoms with Crippen LogP contribution in [0.3, 0.4) is 0 Å². The number of amides is 1. The normalized spacial score (nSPS) is 15.8. The van der Waals surface area contributed by atoms with Gasteiger partial charge in [-0.2, -0.15) is 0 Å². The Morgan fingerprint density at radius 1 is 1.44 bits per heavy atom. The zero-order valence-corrected chi connectivity index (χ0v) is 15.1. The molecule has 0 bridgehead atoms. The number of ether oxygens (including phenoxy) is 1. The minimum absolute atomic E-state index is 0.251. The summed E-state index contributed by atoms with van der Waals surface area (Å²) in [5.74, 6) is 0.129. The number of pyridine rings is 1. The molecule has 0 atom stereocenters. The van der Waals surface area contributed by atoms with E-state index in [2.05, 4.69) is 15.6 Å². The van der Waals surface area contributed by atoms with Gasteiger partial charge in [0.25, 0.3) is 11.5 Å². The van der Waals surface area contributed by atoms with Gasteiger partial charge < -0.3 is 15.4 Å². The molecule has 1 aliphatic heterocycles. The van der Waals surface area contributed by atoms with Gasteiger partial charge in [-0.1, -0.05) is 30.0 Å². The number of thiocarbonyl (C=S) groups is 1. The molecule has 0 radical (unpaired) electrons. The maximum absolute atomic E-state index is 12.9. The van der Waals surface area contributed by atoms with Crippen LogP contribution in [-0.4, -0.2) is 39.9 Å². The standard InChI is InChI=1S/C16H16N4O3S2/c1-23-8-4-6-17-13-10(9-11-14(21)19-16(24)25-11)15(22)20-7-3-2-5-12(20)18-13/h2-3,5,7,9,17H,4,6,8H2,1H3,(H,19,21,24)/b11-9-. The molecule has 1 saturated heterocycles. The molecule has 1 amide bonds. The number of nitrogens with one attached hydrogen (secondary N) is 2. The van der Waals surface area contributed by atoms with E-state index in [1.165, 1.54) is 10.5 Å². The van der Waals surface area contributed by atoms with E-state index >= 15 is 0 Å². The Morgan fingerprint density at radius 3 is 3.00 bits per heavy atom. The molecular weight excluding hydrogens is 360 g/mol. The first-order valence-electron chi connectivity index (χ1n) is 7.59. The van der Waals surface area contributed by atoms with Gasteiger partial charge >= 0.3 is 0 Å². The Morgan fingerprint density at radius 2 is 2.28 bits per heavy atom.